The third kappa shape index (κ3) is 3.02. The highest BCUT2D eigenvalue weighted by molar-refractivity contribution is 6.31. The Morgan fingerprint density at radius 2 is 1.88 bits per heavy atom. The first-order valence-corrected chi connectivity index (χ1v) is 8.34. The summed E-state index contributed by atoms with van der Waals surface area (Å²) in [6, 6.07) is 5.13. The number of hydrogen-bond donors (Lipinski definition) is 1. The number of fused-ring (bicyclic) bond motifs is 1. The summed E-state index contributed by atoms with van der Waals surface area (Å²) in [6.07, 6.45) is 0. The number of imidazole rings is 1. The van der Waals surface area contributed by atoms with Gasteiger partial charge in [-0.15, -0.1) is 0 Å². The van der Waals surface area contributed by atoms with Crippen LogP contribution in [0, 0.1) is 6.92 Å². The number of nitrogens with zero attached hydrogens (tertiary/aromatic N) is 4. The first-order valence-electron chi connectivity index (χ1n) is 7.58. The highest BCUT2D eigenvalue weighted by atomic mass is 35.5. The summed E-state index contributed by atoms with van der Waals surface area (Å²) >= 11 is 12.1. The Balaban J connectivity index is 1.99. The van der Waals surface area contributed by atoms with Gasteiger partial charge in [0.1, 0.15) is 6.54 Å². The molecule has 0 saturated heterocycles. The molecule has 1 aromatic carbocycles. The number of aryl methyl sites for hydroxylation is 2. The molecule has 0 unspecified atom stereocenters. The lowest BCUT2D eigenvalue weighted by Gasteiger charge is -2.09. The summed E-state index contributed by atoms with van der Waals surface area (Å²) in [5, 5.41) is 3.16. The molecular weight excluding hydrogens is 381 g/mol. The lowest BCUT2D eigenvalue weighted by Crippen LogP contribution is -2.37. The van der Waals surface area contributed by atoms with Gasteiger partial charge in [-0.1, -0.05) is 17.7 Å². The first kappa shape index (κ1) is 18.2. The van der Waals surface area contributed by atoms with Crippen LogP contribution in [0.15, 0.2) is 27.8 Å². The minimum atomic E-state index is -0.575. The molecule has 136 valence electrons. The molecule has 0 aliphatic rings. The molecule has 2 aromatic heterocycles. The molecule has 26 heavy (non-hydrogen) atoms. The fourth-order valence-corrected chi connectivity index (χ4v) is 2.98. The van der Waals surface area contributed by atoms with Crippen LogP contribution in [0.4, 0.5) is 5.69 Å². The maximum Gasteiger partial charge on any atom is 0.332 e. The topological polar surface area (TPSA) is 90.9 Å². The molecule has 3 rings (SSSR count). The zero-order chi connectivity index (χ0) is 19.2. The molecular formula is C16H15Cl2N5O3. The molecule has 10 heteroatoms. The van der Waals surface area contributed by atoms with Crippen LogP contribution in [0.25, 0.3) is 11.2 Å². The summed E-state index contributed by atoms with van der Waals surface area (Å²) in [6.45, 7) is 1.61. The molecule has 1 N–H and O–H groups in total. The van der Waals surface area contributed by atoms with Gasteiger partial charge in [-0.3, -0.25) is 23.3 Å². The second-order valence-corrected chi connectivity index (χ2v) is 6.60. The highest BCUT2D eigenvalue weighted by Gasteiger charge is 2.19. The SMILES string of the molecule is Cc1ccc(NC(=O)Cn2c(Cl)nc3c2c(=O)n(C)c(=O)n3C)cc1Cl. The first-order chi connectivity index (χ1) is 12.2. The summed E-state index contributed by atoms with van der Waals surface area (Å²) < 4.78 is 3.41. The summed E-state index contributed by atoms with van der Waals surface area (Å²) in [5.41, 5.74) is 0.506. The Bertz CT molecular complexity index is 1160. The molecule has 0 atom stereocenters. The minimum Gasteiger partial charge on any atom is -0.324 e. The second kappa shape index (κ2) is 6.62. The number of benzene rings is 1. The van der Waals surface area contributed by atoms with Crippen LogP contribution >= 0.6 is 23.2 Å². The number of aromatic nitrogens is 4. The van der Waals surface area contributed by atoms with Gasteiger partial charge in [0.25, 0.3) is 5.56 Å². The average Bonchev–Trinajstić information content (AvgIpc) is 2.91. The molecule has 2 heterocycles. The molecule has 0 saturated carbocycles. The van der Waals surface area contributed by atoms with E-state index < -0.39 is 17.2 Å². The average molecular weight is 396 g/mol. The van der Waals surface area contributed by atoms with Crippen LogP contribution in [-0.4, -0.2) is 24.6 Å². The zero-order valence-corrected chi connectivity index (χ0v) is 15.7. The number of amides is 1. The van der Waals surface area contributed by atoms with Crippen molar-refractivity contribution in [3.8, 4) is 0 Å². The van der Waals surface area contributed by atoms with Crippen LogP contribution in [-0.2, 0) is 25.4 Å². The normalized spacial score (nSPS) is 11.1. The standard InChI is InChI=1S/C16H15Cl2N5O3/c1-8-4-5-9(6-10(8)17)19-11(24)7-23-12-13(20-15(23)18)21(2)16(26)22(3)14(12)25/h4-6H,7H2,1-3H3,(H,19,24). The fourth-order valence-electron chi connectivity index (χ4n) is 2.58. The van der Waals surface area contributed by atoms with E-state index in [9.17, 15) is 14.4 Å². The number of nitrogens with one attached hydrogen (secondary N) is 1. The van der Waals surface area contributed by atoms with Crippen molar-refractivity contribution in [2.45, 2.75) is 13.5 Å². The van der Waals surface area contributed by atoms with Crippen molar-refractivity contribution in [3.05, 3.63) is 54.9 Å². The van der Waals surface area contributed by atoms with Crippen LogP contribution in [0.5, 0.6) is 0 Å². The fraction of sp³-hybridized carbons (Fsp3) is 0.250. The molecule has 0 aliphatic heterocycles. The van der Waals surface area contributed by atoms with E-state index in [4.69, 9.17) is 23.2 Å². The Hall–Kier alpha value is -2.58. The number of carbonyl (C=O) groups is 1. The molecule has 0 bridgehead atoms. The molecule has 3 aromatic rings. The highest BCUT2D eigenvalue weighted by Crippen LogP contribution is 2.20. The molecule has 1 amide bonds. The number of carbonyl (C=O) groups excluding carboxylic acids is 1. The van der Waals surface area contributed by atoms with Crippen molar-refractivity contribution in [2.24, 2.45) is 14.1 Å². The monoisotopic (exact) mass is 395 g/mol. The quantitative estimate of drug-likeness (QED) is 0.683. The van der Waals surface area contributed by atoms with Crippen molar-refractivity contribution in [3.63, 3.8) is 0 Å². The number of rotatable bonds is 3. The molecule has 0 fully saturated rings. The Morgan fingerprint density at radius 1 is 1.19 bits per heavy atom. The van der Waals surface area contributed by atoms with Crippen molar-refractivity contribution in [1.29, 1.82) is 0 Å². The third-order valence-corrected chi connectivity index (χ3v) is 4.75. The lowest BCUT2D eigenvalue weighted by atomic mass is 10.2. The van der Waals surface area contributed by atoms with Crippen LogP contribution in [0.1, 0.15) is 5.56 Å². The maximum atomic E-state index is 12.4. The Morgan fingerprint density at radius 3 is 2.54 bits per heavy atom. The Labute approximate surface area is 157 Å². The second-order valence-electron chi connectivity index (χ2n) is 5.86. The van der Waals surface area contributed by atoms with E-state index in [0.29, 0.717) is 10.7 Å². The lowest BCUT2D eigenvalue weighted by molar-refractivity contribution is -0.116. The maximum absolute atomic E-state index is 12.4. The summed E-state index contributed by atoms with van der Waals surface area (Å²) in [7, 11) is 2.83. The van der Waals surface area contributed by atoms with Gasteiger partial charge in [-0.05, 0) is 36.2 Å². The minimum absolute atomic E-state index is 0.0598. The van der Waals surface area contributed by atoms with E-state index >= 15 is 0 Å². The van der Waals surface area contributed by atoms with Gasteiger partial charge >= 0.3 is 5.69 Å². The van der Waals surface area contributed by atoms with Gasteiger partial charge in [0.2, 0.25) is 11.2 Å². The van der Waals surface area contributed by atoms with Crippen LogP contribution in [0.2, 0.25) is 10.3 Å². The van der Waals surface area contributed by atoms with Crippen molar-refractivity contribution in [2.75, 3.05) is 5.32 Å². The molecule has 8 nitrogen and oxygen atoms in total. The van der Waals surface area contributed by atoms with Crippen LogP contribution < -0.4 is 16.6 Å². The van der Waals surface area contributed by atoms with E-state index in [0.717, 1.165) is 10.1 Å². The van der Waals surface area contributed by atoms with E-state index in [-0.39, 0.29) is 23.0 Å². The molecule has 0 spiro atoms. The van der Waals surface area contributed by atoms with Gasteiger partial charge < -0.3 is 5.32 Å². The molecule has 0 radical (unpaired) electrons. The van der Waals surface area contributed by atoms with Crippen molar-refractivity contribution >= 4 is 46.0 Å². The number of hydrogen-bond acceptors (Lipinski definition) is 4. The van der Waals surface area contributed by atoms with Gasteiger partial charge in [-0.25, -0.2) is 4.79 Å². The molecule has 0 aliphatic carbocycles. The van der Waals surface area contributed by atoms with Gasteiger partial charge in [0, 0.05) is 24.8 Å². The largest absolute Gasteiger partial charge is 0.332 e. The van der Waals surface area contributed by atoms with Crippen molar-refractivity contribution in [1.82, 2.24) is 18.7 Å². The van der Waals surface area contributed by atoms with E-state index in [1.807, 2.05) is 6.92 Å². The smallest absolute Gasteiger partial charge is 0.324 e. The zero-order valence-electron chi connectivity index (χ0n) is 14.2. The van der Waals surface area contributed by atoms with E-state index in [2.05, 4.69) is 10.3 Å². The Kier molecular flexibility index (Phi) is 4.64. The van der Waals surface area contributed by atoms with E-state index in [1.54, 1.807) is 18.2 Å². The number of anilines is 1. The predicted molar refractivity (Wildman–Crippen MR) is 100 cm³/mol. The summed E-state index contributed by atoms with van der Waals surface area (Å²) in [5.74, 6) is -0.415. The predicted octanol–water partition coefficient (Wildman–Crippen LogP) is 1.69. The van der Waals surface area contributed by atoms with Gasteiger partial charge in [0.05, 0.1) is 0 Å². The third-order valence-electron chi connectivity index (χ3n) is 4.06. The number of halogens is 2. The van der Waals surface area contributed by atoms with Gasteiger partial charge in [0.15, 0.2) is 11.2 Å². The van der Waals surface area contributed by atoms with Crippen LogP contribution in [0.3, 0.4) is 0 Å². The van der Waals surface area contributed by atoms with Crippen molar-refractivity contribution < 1.29 is 4.79 Å². The summed E-state index contributed by atoms with van der Waals surface area (Å²) in [4.78, 5) is 40.8. The van der Waals surface area contributed by atoms with E-state index in [1.165, 1.54) is 23.2 Å². The van der Waals surface area contributed by atoms with Gasteiger partial charge in [-0.2, -0.15) is 4.98 Å².